The van der Waals surface area contributed by atoms with Crippen LogP contribution in [0.4, 0.5) is 11.4 Å². The summed E-state index contributed by atoms with van der Waals surface area (Å²) in [7, 11) is 0. The monoisotopic (exact) mass is 329 g/mol. The molecule has 0 saturated heterocycles. The van der Waals surface area contributed by atoms with Crippen LogP contribution in [0.2, 0.25) is 0 Å². The zero-order valence-electron chi connectivity index (χ0n) is 14.1. The van der Waals surface area contributed by atoms with Crippen molar-refractivity contribution in [2.45, 2.75) is 46.0 Å². The summed E-state index contributed by atoms with van der Waals surface area (Å²) in [4.78, 5) is 20.3. The van der Waals surface area contributed by atoms with Crippen LogP contribution in [-0.2, 0) is 11.8 Å². The van der Waals surface area contributed by atoms with Crippen LogP contribution in [0.25, 0.3) is 0 Å². The van der Waals surface area contributed by atoms with Crippen molar-refractivity contribution in [3.63, 3.8) is 0 Å². The number of thiazole rings is 1. The maximum Gasteiger partial charge on any atom is 0.270 e. The van der Waals surface area contributed by atoms with E-state index >= 15 is 0 Å². The zero-order chi connectivity index (χ0) is 16.8. The molecule has 2 heterocycles. The molecule has 0 spiro atoms. The molecule has 3 rings (SSSR count). The summed E-state index contributed by atoms with van der Waals surface area (Å²) >= 11 is 1.51. The van der Waals surface area contributed by atoms with E-state index in [2.05, 4.69) is 25.8 Å². The predicted octanol–water partition coefficient (Wildman–Crippen LogP) is 3.92. The summed E-state index contributed by atoms with van der Waals surface area (Å²) in [5, 5.41) is 1.00. The number of rotatable bonds is 1. The molecule has 122 valence electrons. The van der Waals surface area contributed by atoms with Crippen molar-refractivity contribution < 1.29 is 4.79 Å². The van der Waals surface area contributed by atoms with Crippen molar-refractivity contribution in [3.8, 4) is 0 Å². The first-order chi connectivity index (χ1) is 10.8. The fraction of sp³-hybridized carbons (Fsp3) is 0.444. The van der Waals surface area contributed by atoms with Gasteiger partial charge in [-0.1, -0.05) is 26.8 Å². The molecule has 1 aromatic carbocycles. The number of carbonyl (C=O) groups is 1. The third kappa shape index (κ3) is 2.85. The average Bonchev–Trinajstić information content (AvgIpc) is 2.89. The van der Waals surface area contributed by atoms with Gasteiger partial charge in [-0.25, -0.2) is 4.98 Å². The molecular weight excluding hydrogens is 306 g/mol. The Balaban J connectivity index is 2.00. The molecule has 1 aliphatic rings. The molecule has 0 unspecified atom stereocenters. The second kappa shape index (κ2) is 5.64. The van der Waals surface area contributed by atoms with Crippen LogP contribution in [0, 0.1) is 6.92 Å². The number of nitrogens with zero attached hydrogens (tertiary/aromatic N) is 2. The Kier molecular flexibility index (Phi) is 3.92. The summed E-state index contributed by atoms with van der Waals surface area (Å²) in [5.41, 5.74) is 9.68. The molecule has 0 bridgehead atoms. The second-order valence-corrected chi connectivity index (χ2v) is 8.09. The molecular formula is C18H23N3OS. The lowest BCUT2D eigenvalue weighted by Gasteiger charge is -2.30. The number of hydrogen-bond donors (Lipinski definition) is 1. The second-order valence-electron chi connectivity index (χ2n) is 7.09. The summed E-state index contributed by atoms with van der Waals surface area (Å²) < 4.78 is 0. The van der Waals surface area contributed by atoms with E-state index in [0.29, 0.717) is 0 Å². The highest BCUT2D eigenvalue weighted by Gasteiger charge is 2.29. The van der Waals surface area contributed by atoms with Crippen LogP contribution >= 0.6 is 11.3 Å². The summed E-state index contributed by atoms with van der Waals surface area (Å²) in [6.45, 7) is 9.02. The number of nitrogens with two attached hydrogens (primary N) is 1. The number of hydrogen-bond acceptors (Lipinski definition) is 4. The van der Waals surface area contributed by atoms with Gasteiger partial charge in [0, 0.05) is 23.3 Å². The van der Waals surface area contributed by atoms with Crippen LogP contribution in [0.15, 0.2) is 18.2 Å². The molecule has 4 nitrogen and oxygen atoms in total. The molecule has 2 aromatic rings. The van der Waals surface area contributed by atoms with Crippen LogP contribution in [-0.4, -0.2) is 17.4 Å². The standard InChI is InChI=1S/C18H23N3OS/c1-11-15(23-17(20-11)18(2,3)4)16(22)21-10-6-7-12-13(19)8-5-9-14(12)21/h5,8-9H,6-7,10,19H2,1-4H3. The van der Waals surface area contributed by atoms with Gasteiger partial charge in [0.05, 0.1) is 10.7 Å². The van der Waals surface area contributed by atoms with Crippen molar-refractivity contribution in [1.29, 1.82) is 0 Å². The van der Waals surface area contributed by atoms with E-state index in [0.717, 1.165) is 51.9 Å². The molecule has 1 aliphatic heterocycles. The van der Waals surface area contributed by atoms with Crippen molar-refractivity contribution in [3.05, 3.63) is 39.3 Å². The van der Waals surface area contributed by atoms with Gasteiger partial charge in [-0.15, -0.1) is 11.3 Å². The Hall–Kier alpha value is -1.88. The number of anilines is 2. The van der Waals surface area contributed by atoms with E-state index in [1.165, 1.54) is 11.3 Å². The van der Waals surface area contributed by atoms with Gasteiger partial charge in [0.15, 0.2) is 0 Å². The Morgan fingerprint density at radius 2 is 2.09 bits per heavy atom. The number of aryl methyl sites for hydroxylation is 1. The van der Waals surface area contributed by atoms with Crippen molar-refractivity contribution in [2.24, 2.45) is 0 Å². The molecule has 0 fully saturated rings. The normalized spacial score (nSPS) is 14.7. The van der Waals surface area contributed by atoms with E-state index in [-0.39, 0.29) is 11.3 Å². The van der Waals surface area contributed by atoms with Gasteiger partial charge >= 0.3 is 0 Å². The minimum absolute atomic E-state index is 0.0435. The Labute approximate surface area is 141 Å². The van der Waals surface area contributed by atoms with Crippen LogP contribution in [0.5, 0.6) is 0 Å². The van der Waals surface area contributed by atoms with Crippen LogP contribution in [0.1, 0.15) is 53.1 Å². The Morgan fingerprint density at radius 1 is 1.35 bits per heavy atom. The first-order valence-corrected chi connectivity index (χ1v) is 8.78. The number of nitrogen functional groups attached to an aromatic ring is 1. The highest BCUT2D eigenvalue weighted by Crippen LogP contribution is 2.35. The molecule has 1 amide bonds. The lowest BCUT2D eigenvalue weighted by Crippen LogP contribution is -2.35. The number of aromatic nitrogens is 1. The maximum absolute atomic E-state index is 13.1. The summed E-state index contributed by atoms with van der Waals surface area (Å²) in [5.74, 6) is 0.0436. The number of benzene rings is 1. The SMILES string of the molecule is Cc1nc(C(C)(C)C)sc1C(=O)N1CCCc2c(N)cccc21. The van der Waals surface area contributed by atoms with Crippen molar-refractivity contribution >= 4 is 28.6 Å². The van der Waals surface area contributed by atoms with Crippen molar-refractivity contribution in [1.82, 2.24) is 4.98 Å². The molecule has 2 N–H and O–H groups in total. The fourth-order valence-corrected chi connectivity index (χ4v) is 3.97. The van der Waals surface area contributed by atoms with Gasteiger partial charge in [0.2, 0.25) is 0 Å². The van der Waals surface area contributed by atoms with Crippen LogP contribution < -0.4 is 10.6 Å². The van der Waals surface area contributed by atoms with Crippen LogP contribution in [0.3, 0.4) is 0 Å². The van der Waals surface area contributed by atoms with E-state index in [4.69, 9.17) is 5.73 Å². The Bertz CT molecular complexity index is 758. The largest absolute Gasteiger partial charge is 0.398 e. The highest BCUT2D eigenvalue weighted by molar-refractivity contribution is 7.14. The number of fused-ring (bicyclic) bond motifs is 1. The van der Waals surface area contributed by atoms with E-state index in [1.807, 2.05) is 30.0 Å². The highest BCUT2D eigenvalue weighted by atomic mass is 32.1. The zero-order valence-corrected chi connectivity index (χ0v) is 15.0. The quantitative estimate of drug-likeness (QED) is 0.807. The minimum atomic E-state index is -0.0435. The van der Waals surface area contributed by atoms with Gasteiger partial charge in [-0.05, 0) is 37.5 Å². The topological polar surface area (TPSA) is 59.2 Å². The molecule has 0 radical (unpaired) electrons. The van der Waals surface area contributed by atoms with Crippen molar-refractivity contribution in [2.75, 3.05) is 17.2 Å². The molecule has 23 heavy (non-hydrogen) atoms. The smallest absolute Gasteiger partial charge is 0.270 e. The van der Waals surface area contributed by atoms with E-state index < -0.39 is 0 Å². The van der Waals surface area contributed by atoms with E-state index in [9.17, 15) is 4.79 Å². The molecule has 0 aliphatic carbocycles. The molecule has 5 heteroatoms. The molecule has 1 aromatic heterocycles. The number of carbonyl (C=O) groups excluding carboxylic acids is 1. The maximum atomic E-state index is 13.1. The van der Waals surface area contributed by atoms with Gasteiger partial charge in [0.1, 0.15) is 4.88 Å². The Morgan fingerprint density at radius 3 is 2.74 bits per heavy atom. The van der Waals surface area contributed by atoms with Gasteiger partial charge in [0.25, 0.3) is 5.91 Å². The third-order valence-electron chi connectivity index (χ3n) is 4.16. The lowest BCUT2D eigenvalue weighted by atomic mass is 9.98. The molecule has 0 atom stereocenters. The summed E-state index contributed by atoms with van der Waals surface area (Å²) in [6.07, 6.45) is 1.87. The minimum Gasteiger partial charge on any atom is -0.398 e. The van der Waals surface area contributed by atoms with E-state index in [1.54, 1.807) is 0 Å². The predicted molar refractivity (Wildman–Crippen MR) is 96.4 cm³/mol. The van der Waals surface area contributed by atoms with Gasteiger partial charge in [-0.3, -0.25) is 4.79 Å². The fourth-order valence-electron chi connectivity index (χ4n) is 2.90. The van der Waals surface area contributed by atoms with Gasteiger partial charge < -0.3 is 10.6 Å². The lowest BCUT2D eigenvalue weighted by molar-refractivity contribution is 0.0988. The molecule has 0 saturated carbocycles. The first-order valence-electron chi connectivity index (χ1n) is 7.96. The summed E-state index contributed by atoms with van der Waals surface area (Å²) in [6, 6.07) is 5.81. The van der Waals surface area contributed by atoms with Gasteiger partial charge in [-0.2, -0.15) is 0 Å². The average molecular weight is 329 g/mol. The number of amides is 1. The first kappa shape index (κ1) is 16.0. The third-order valence-corrected chi connectivity index (χ3v) is 5.74.